The van der Waals surface area contributed by atoms with Crippen molar-refractivity contribution in [1.82, 2.24) is 24.9 Å². The Hall–Kier alpha value is -2.60. The van der Waals surface area contributed by atoms with E-state index in [9.17, 15) is 8.42 Å². The molecule has 2 aromatic rings. The molecule has 0 radical (unpaired) electrons. The fourth-order valence-electron chi connectivity index (χ4n) is 6.77. The monoisotopic (exact) mass is 659 g/mol. The third-order valence-corrected chi connectivity index (χ3v) is 11.9. The first-order chi connectivity index (χ1) is 21.4. The zero-order valence-corrected chi connectivity index (χ0v) is 29.4. The molecule has 1 unspecified atom stereocenters. The van der Waals surface area contributed by atoms with Crippen molar-refractivity contribution in [3.63, 3.8) is 0 Å². The van der Waals surface area contributed by atoms with Crippen LogP contribution >= 0.6 is 11.6 Å². The van der Waals surface area contributed by atoms with E-state index in [4.69, 9.17) is 16.3 Å². The zero-order chi connectivity index (χ0) is 32.5. The van der Waals surface area contributed by atoms with Crippen molar-refractivity contribution in [3.8, 4) is 5.75 Å². The fraction of sp³-hybridized carbons (Fsp3) is 0.636. The molecule has 5 rings (SSSR count). The number of hydrogen-bond acceptors (Lipinski definition) is 10. The summed E-state index contributed by atoms with van der Waals surface area (Å²) in [4.78, 5) is 11.7. The van der Waals surface area contributed by atoms with E-state index in [1.165, 1.54) is 43.0 Å². The first-order valence-corrected chi connectivity index (χ1v) is 18.5. The third kappa shape index (κ3) is 7.86. The van der Waals surface area contributed by atoms with E-state index in [0.29, 0.717) is 34.4 Å². The maximum absolute atomic E-state index is 13.3. The highest BCUT2D eigenvalue weighted by Gasteiger charge is 2.40. The van der Waals surface area contributed by atoms with Crippen molar-refractivity contribution >= 4 is 38.9 Å². The number of hydrogen-bond donors (Lipinski definition) is 2. The summed E-state index contributed by atoms with van der Waals surface area (Å²) in [5.41, 5.74) is 3.88. The van der Waals surface area contributed by atoms with Crippen LogP contribution in [0.1, 0.15) is 83.3 Å². The molecule has 1 aliphatic heterocycles. The second-order valence-corrected chi connectivity index (χ2v) is 15.7. The zero-order valence-electron chi connectivity index (χ0n) is 27.8. The van der Waals surface area contributed by atoms with E-state index in [1.807, 2.05) is 20.9 Å². The molecule has 12 heteroatoms. The second-order valence-electron chi connectivity index (χ2n) is 13.2. The van der Waals surface area contributed by atoms with Gasteiger partial charge in [0.1, 0.15) is 10.8 Å². The van der Waals surface area contributed by atoms with Crippen LogP contribution in [0.4, 0.5) is 17.5 Å². The summed E-state index contributed by atoms with van der Waals surface area (Å²) in [6, 6.07) is 5.05. The van der Waals surface area contributed by atoms with Gasteiger partial charge in [-0.3, -0.25) is 0 Å². The summed E-state index contributed by atoms with van der Waals surface area (Å²) in [5.74, 6) is 2.08. The number of sulfone groups is 1. The molecule has 2 N–H and O–H groups in total. The number of nitrogens with one attached hydrogen (secondary N) is 2. The van der Waals surface area contributed by atoms with Gasteiger partial charge in [-0.05, 0) is 93.6 Å². The minimum Gasteiger partial charge on any atom is -0.488 e. The van der Waals surface area contributed by atoms with Crippen molar-refractivity contribution in [2.24, 2.45) is 5.92 Å². The summed E-state index contributed by atoms with van der Waals surface area (Å²) in [6.07, 6.45) is 10.4. The van der Waals surface area contributed by atoms with Crippen LogP contribution in [0.2, 0.25) is 5.02 Å². The summed E-state index contributed by atoms with van der Waals surface area (Å²) in [5, 5.41) is 9.45. The van der Waals surface area contributed by atoms with Crippen LogP contribution in [-0.4, -0.2) is 83.8 Å². The summed E-state index contributed by atoms with van der Waals surface area (Å²) in [6.45, 7) is 12.7. The SMILES string of the molecule is CCN(CC)[C@H]1CC[C@@H](c2cc(OC3CC3)c(Nc3ncc(Cl)c(NC4=CN(C)N(C)C4S(=O)(=O)CC(C)C)n3)cc2C)CC1. The average molecular weight is 660 g/mol. The van der Waals surface area contributed by atoms with Gasteiger partial charge in [0.25, 0.3) is 0 Å². The van der Waals surface area contributed by atoms with Crippen LogP contribution < -0.4 is 15.4 Å². The second kappa shape index (κ2) is 14.0. The first-order valence-electron chi connectivity index (χ1n) is 16.4. The normalized spacial score (nSPS) is 22.7. The Bertz CT molecular complexity index is 1490. The highest BCUT2D eigenvalue weighted by Crippen LogP contribution is 2.42. The van der Waals surface area contributed by atoms with Crippen LogP contribution in [0.5, 0.6) is 5.75 Å². The Labute approximate surface area is 274 Å². The standard InChI is InChI=1S/C33H50ClN7O3S/c1-8-41(9-2)24-12-10-23(11-13-24)26-17-30(44-25-14-15-25)28(16-22(26)5)37-33-35-18-27(34)31(38-33)36-29-19-39(6)40(7)32(29)45(42,43)20-21(3)4/h16-19,21,23-25,32H,8-15,20H2,1-7H3,(H2,35,36,37,38)/t23-,24+,32?. The van der Waals surface area contributed by atoms with Gasteiger partial charge >= 0.3 is 0 Å². The van der Waals surface area contributed by atoms with Crippen molar-refractivity contribution in [2.45, 2.75) is 96.6 Å². The lowest BCUT2D eigenvalue weighted by Gasteiger charge is -2.36. The lowest BCUT2D eigenvalue weighted by Crippen LogP contribution is -2.43. The molecular formula is C33H50ClN7O3S. The molecule has 2 fully saturated rings. The molecule has 1 aromatic heterocycles. The number of likely N-dealkylation sites (N-methyl/N-ethyl adjacent to an activating group) is 1. The van der Waals surface area contributed by atoms with Gasteiger partial charge in [-0.2, -0.15) is 4.98 Å². The average Bonchev–Trinajstić information content (AvgIpc) is 3.75. The molecule has 3 aliphatic rings. The predicted octanol–water partition coefficient (Wildman–Crippen LogP) is 6.53. The van der Waals surface area contributed by atoms with Crippen molar-refractivity contribution in [2.75, 3.05) is 43.6 Å². The van der Waals surface area contributed by atoms with Gasteiger partial charge in [0, 0.05) is 26.3 Å². The summed E-state index contributed by atoms with van der Waals surface area (Å²) < 4.78 is 33.1. The number of ether oxygens (including phenoxy) is 1. The number of halogens is 1. The third-order valence-electron chi connectivity index (χ3n) is 9.24. The number of anilines is 3. The van der Waals surface area contributed by atoms with E-state index >= 15 is 0 Å². The molecule has 2 heterocycles. The van der Waals surface area contributed by atoms with Crippen molar-refractivity contribution < 1.29 is 13.2 Å². The van der Waals surface area contributed by atoms with Gasteiger partial charge in [0.15, 0.2) is 21.0 Å². The molecule has 10 nitrogen and oxygen atoms in total. The lowest BCUT2D eigenvalue weighted by atomic mass is 9.79. The maximum Gasteiger partial charge on any atom is 0.229 e. The molecule has 1 aromatic carbocycles. The minimum absolute atomic E-state index is 0.00148. The van der Waals surface area contributed by atoms with Crippen LogP contribution in [0.25, 0.3) is 0 Å². The molecule has 1 atom stereocenters. The molecule has 0 amide bonds. The Morgan fingerprint density at radius 2 is 1.76 bits per heavy atom. The highest BCUT2D eigenvalue weighted by atomic mass is 35.5. The van der Waals surface area contributed by atoms with Crippen LogP contribution in [-0.2, 0) is 9.84 Å². The minimum atomic E-state index is -3.49. The molecule has 0 bridgehead atoms. The number of benzene rings is 1. The topological polar surface area (TPSA) is 103 Å². The fourth-order valence-corrected chi connectivity index (χ4v) is 9.14. The smallest absolute Gasteiger partial charge is 0.229 e. The molecule has 2 saturated carbocycles. The van der Waals surface area contributed by atoms with E-state index < -0.39 is 15.2 Å². The number of rotatable bonds is 13. The summed E-state index contributed by atoms with van der Waals surface area (Å²) in [7, 11) is 0.0774. The van der Waals surface area contributed by atoms with E-state index in [0.717, 1.165) is 37.4 Å². The number of hydrazine groups is 1. The van der Waals surface area contributed by atoms with Gasteiger partial charge in [0.05, 0.1) is 29.4 Å². The van der Waals surface area contributed by atoms with Crippen molar-refractivity contribution in [3.05, 3.63) is 46.4 Å². The number of aromatic nitrogens is 2. The lowest BCUT2D eigenvalue weighted by molar-refractivity contribution is 0.100. The largest absolute Gasteiger partial charge is 0.488 e. The van der Waals surface area contributed by atoms with E-state index in [2.05, 4.69) is 58.4 Å². The number of nitrogens with zero attached hydrogens (tertiary/aromatic N) is 5. The van der Waals surface area contributed by atoms with Crippen molar-refractivity contribution in [1.29, 1.82) is 0 Å². The molecule has 0 saturated heterocycles. The Morgan fingerprint density at radius 3 is 2.38 bits per heavy atom. The molecule has 45 heavy (non-hydrogen) atoms. The predicted molar refractivity (Wildman–Crippen MR) is 183 cm³/mol. The Morgan fingerprint density at radius 1 is 1.07 bits per heavy atom. The molecular weight excluding hydrogens is 610 g/mol. The van der Waals surface area contributed by atoms with Gasteiger partial charge in [-0.25, -0.2) is 18.4 Å². The number of aryl methyl sites for hydroxylation is 1. The van der Waals surface area contributed by atoms with Crippen LogP contribution in [0, 0.1) is 12.8 Å². The van der Waals surface area contributed by atoms with Gasteiger partial charge in [0.2, 0.25) is 5.95 Å². The maximum atomic E-state index is 13.3. The molecule has 248 valence electrons. The molecule has 2 aliphatic carbocycles. The summed E-state index contributed by atoms with van der Waals surface area (Å²) >= 11 is 6.54. The Kier molecular flexibility index (Phi) is 10.5. The first kappa shape index (κ1) is 33.8. The molecule has 0 spiro atoms. The van der Waals surface area contributed by atoms with E-state index in [-0.39, 0.29) is 17.8 Å². The van der Waals surface area contributed by atoms with Gasteiger partial charge < -0.3 is 25.3 Å². The van der Waals surface area contributed by atoms with Gasteiger partial charge in [-0.1, -0.05) is 39.3 Å². The van der Waals surface area contributed by atoms with Gasteiger partial charge in [-0.15, -0.1) is 0 Å². The Balaban J connectivity index is 1.37. The quantitative estimate of drug-likeness (QED) is 0.247. The van der Waals surface area contributed by atoms with Crippen LogP contribution in [0.15, 0.2) is 30.2 Å². The highest BCUT2D eigenvalue weighted by molar-refractivity contribution is 7.92. The van der Waals surface area contributed by atoms with E-state index in [1.54, 1.807) is 23.3 Å². The van der Waals surface area contributed by atoms with Crippen LogP contribution in [0.3, 0.4) is 0 Å².